The van der Waals surface area contributed by atoms with Crippen LogP contribution < -0.4 is 15.4 Å². The van der Waals surface area contributed by atoms with E-state index in [1.165, 1.54) is 6.07 Å². The van der Waals surface area contributed by atoms with Crippen LogP contribution in [0.25, 0.3) is 0 Å². The number of anilines is 2. The van der Waals surface area contributed by atoms with E-state index in [1.807, 2.05) is 53.1 Å². The summed E-state index contributed by atoms with van der Waals surface area (Å²) in [6.45, 7) is 4.30. The van der Waals surface area contributed by atoms with Gasteiger partial charge in [-0.2, -0.15) is 0 Å². The van der Waals surface area contributed by atoms with Crippen molar-refractivity contribution in [2.75, 3.05) is 50.1 Å². The number of aromatic nitrogens is 2. The van der Waals surface area contributed by atoms with Crippen molar-refractivity contribution in [3.05, 3.63) is 51.9 Å². The Labute approximate surface area is 146 Å². The highest BCUT2D eigenvalue weighted by Crippen LogP contribution is 2.16. The van der Waals surface area contributed by atoms with Crippen molar-refractivity contribution >= 4 is 17.5 Å². The number of aryl methyl sites for hydroxylation is 1. The predicted molar refractivity (Wildman–Crippen MR) is 98.5 cm³/mol. The summed E-state index contributed by atoms with van der Waals surface area (Å²) in [7, 11) is 3.94. The van der Waals surface area contributed by atoms with Crippen LogP contribution in [-0.4, -0.2) is 61.0 Å². The lowest BCUT2D eigenvalue weighted by Gasteiger charge is -2.35. The van der Waals surface area contributed by atoms with Crippen LogP contribution in [0.3, 0.4) is 0 Å². The van der Waals surface area contributed by atoms with Gasteiger partial charge in [-0.05, 0) is 31.2 Å². The van der Waals surface area contributed by atoms with Crippen molar-refractivity contribution in [2.24, 2.45) is 0 Å². The first kappa shape index (κ1) is 17.0. The number of carbonyl (C=O) groups excluding carboxylic acids is 1. The van der Waals surface area contributed by atoms with Gasteiger partial charge in [0.15, 0.2) is 0 Å². The van der Waals surface area contributed by atoms with E-state index in [2.05, 4.69) is 9.97 Å². The predicted octanol–water partition coefficient (Wildman–Crippen LogP) is 1.11. The van der Waals surface area contributed by atoms with E-state index >= 15 is 0 Å². The van der Waals surface area contributed by atoms with E-state index in [4.69, 9.17) is 0 Å². The zero-order valence-corrected chi connectivity index (χ0v) is 14.8. The van der Waals surface area contributed by atoms with Gasteiger partial charge in [0, 0.05) is 63.3 Å². The maximum atomic E-state index is 12.7. The molecular formula is C18H23N5O2. The number of hydrogen-bond donors (Lipinski definition) is 1. The molecule has 1 aromatic heterocycles. The lowest BCUT2D eigenvalue weighted by molar-refractivity contribution is 0.0746. The molecule has 0 atom stereocenters. The zero-order valence-electron chi connectivity index (χ0n) is 14.8. The molecule has 0 saturated carbocycles. The SMILES string of the molecule is Cc1cc(=O)[nH]c(N2CCN(C(=O)c3ccc(N(C)C)cc3)CC2)n1. The molecule has 0 radical (unpaired) electrons. The first-order valence-corrected chi connectivity index (χ1v) is 8.33. The molecule has 25 heavy (non-hydrogen) atoms. The quantitative estimate of drug-likeness (QED) is 0.905. The second kappa shape index (κ2) is 6.96. The van der Waals surface area contributed by atoms with Gasteiger partial charge in [-0.3, -0.25) is 14.6 Å². The van der Waals surface area contributed by atoms with Crippen LogP contribution in [0.4, 0.5) is 11.6 Å². The zero-order chi connectivity index (χ0) is 18.0. The normalized spacial score (nSPS) is 14.5. The van der Waals surface area contributed by atoms with Crippen LogP contribution in [0.15, 0.2) is 35.1 Å². The van der Waals surface area contributed by atoms with Gasteiger partial charge in [0.1, 0.15) is 0 Å². The second-order valence-corrected chi connectivity index (χ2v) is 6.43. The molecule has 1 fully saturated rings. The van der Waals surface area contributed by atoms with Gasteiger partial charge in [-0.15, -0.1) is 0 Å². The van der Waals surface area contributed by atoms with Gasteiger partial charge in [0.05, 0.1) is 0 Å². The van der Waals surface area contributed by atoms with Crippen LogP contribution in [0.5, 0.6) is 0 Å². The highest BCUT2D eigenvalue weighted by atomic mass is 16.2. The van der Waals surface area contributed by atoms with Gasteiger partial charge in [-0.25, -0.2) is 4.98 Å². The number of nitrogens with zero attached hydrogens (tertiary/aromatic N) is 4. The molecule has 1 aliphatic rings. The monoisotopic (exact) mass is 341 g/mol. The average Bonchev–Trinajstić information content (AvgIpc) is 2.60. The molecule has 0 aliphatic carbocycles. The van der Waals surface area contributed by atoms with Gasteiger partial charge < -0.3 is 14.7 Å². The first-order valence-electron chi connectivity index (χ1n) is 8.33. The third-order valence-corrected chi connectivity index (χ3v) is 4.35. The molecule has 132 valence electrons. The van der Waals surface area contributed by atoms with E-state index in [-0.39, 0.29) is 11.5 Å². The minimum Gasteiger partial charge on any atom is -0.378 e. The second-order valence-electron chi connectivity index (χ2n) is 6.43. The number of H-pyrrole nitrogens is 1. The highest BCUT2D eigenvalue weighted by molar-refractivity contribution is 5.94. The summed E-state index contributed by atoms with van der Waals surface area (Å²) in [6.07, 6.45) is 0. The minimum atomic E-state index is -0.151. The van der Waals surface area contributed by atoms with Crippen molar-refractivity contribution in [1.29, 1.82) is 0 Å². The number of piperazine rings is 1. The fourth-order valence-corrected chi connectivity index (χ4v) is 2.92. The summed E-state index contributed by atoms with van der Waals surface area (Å²) in [6, 6.07) is 9.10. The van der Waals surface area contributed by atoms with E-state index in [0.29, 0.717) is 43.4 Å². The van der Waals surface area contributed by atoms with Crippen molar-refractivity contribution in [3.8, 4) is 0 Å². The molecular weight excluding hydrogens is 318 g/mol. The summed E-state index contributed by atoms with van der Waals surface area (Å²) < 4.78 is 0. The Bertz CT molecular complexity index is 805. The molecule has 1 amide bonds. The molecule has 0 unspecified atom stereocenters. The summed E-state index contributed by atoms with van der Waals surface area (Å²) in [5.74, 6) is 0.614. The maximum absolute atomic E-state index is 12.7. The molecule has 0 spiro atoms. The topological polar surface area (TPSA) is 72.5 Å². The first-order chi connectivity index (χ1) is 11.9. The molecule has 1 aromatic carbocycles. The number of rotatable bonds is 3. The molecule has 1 saturated heterocycles. The lowest BCUT2D eigenvalue weighted by Crippen LogP contribution is -2.49. The van der Waals surface area contributed by atoms with Crippen LogP contribution in [0.1, 0.15) is 16.1 Å². The van der Waals surface area contributed by atoms with E-state index in [0.717, 1.165) is 5.69 Å². The Morgan fingerprint density at radius 2 is 1.76 bits per heavy atom. The van der Waals surface area contributed by atoms with Crippen molar-refractivity contribution in [2.45, 2.75) is 6.92 Å². The van der Waals surface area contributed by atoms with Gasteiger partial charge in [-0.1, -0.05) is 0 Å². The number of benzene rings is 1. The maximum Gasteiger partial charge on any atom is 0.253 e. The summed E-state index contributed by atoms with van der Waals surface area (Å²) in [4.78, 5) is 37.2. The molecule has 1 N–H and O–H groups in total. The van der Waals surface area contributed by atoms with E-state index in [1.54, 1.807) is 6.92 Å². The van der Waals surface area contributed by atoms with Gasteiger partial charge in [0.2, 0.25) is 5.95 Å². The summed E-state index contributed by atoms with van der Waals surface area (Å²) >= 11 is 0. The van der Waals surface area contributed by atoms with Crippen molar-refractivity contribution in [3.63, 3.8) is 0 Å². The van der Waals surface area contributed by atoms with Gasteiger partial charge in [0.25, 0.3) is 11.5 Å². The van der Waals surface area contributed by atoms with Crippen LogP contribution in [0, 0.1) is 6.92 Å². The fourth-order valence-electron chi connectivity index (χ4n) is 2.92. The Kier molecular flexibility index (Phi) is 4.74. The molecule has 7 nitrogen and oxygen atoms in total. The molecule has 2 aromatic rings. The van der Waals surface area contributed by atoms with Crippen LogP contribution in [0.2, 0.25) is 0 Å². The Morgan fingerprint density at radius 1 is 1.12 bits per heavy atom. The number of carbonyl (C=O) groups is 1. The van der Waals surface area contributed by atoms with Crippen molar-refractivity contribution in [1.82, 2.24) is 14.9 Å². The highest BCUT2D eigenvalue weighted by Gasteiger charge is 2.23. The average molecular weight is 341 g/mol. The fraction of sp³-hybridized carbons (Fsp3) is 0.389. The minimum absolute atomic E-state index is 0.0376. The molecule has 2 heterocycles. The van der Waals surface area contributed by atoms with Crippen molar-refractivity contribution < 1.29 is 4.79 Å². The molecule has 3 rings (SSSR count). The molecule has 1 aliphatic heterocycles. The summed E-state index contributed by atoms with van der Waals surface area (Å²) in [5, 5.41) is 0. The summed E-state index contributed by atoms with van der Waals surface area (Å²) in [5.41, 5.74) is 2.30. The third-order valence-electron chi connectivity index (χ3n) is 4.35. The van der Waals surface area contributed by atoms with Gasteiger partial charge >= 0.3 is 0 Å². The van der Waals surface area contributed by atoms with E-state index in [9.17, 15) is 9.59 Å². The smallest absolute Gasteiger partial charge is 0.253 e. The largest absolute Gasteiger partial charge is 0.378 e. The number of aromatic amines is 1. The number of amides is 1. The standard InChI is InChI=1S/C18H23N5O2/c1-13-12-16(24)20-18(19-13)23-10-8-22(9-11-23)17(25)14-4-6-15(7-5-14)21(2)3/h4-7,12H,8-11H2,1-3H3,(H,19,20,24). The third kappa shape index (κ3) is 3.81. The molecule has 7 heteroatoms. The lowest BCUT2D eigenvalue weighted by atomic mass is 10.1. The van der Waals surface area contributed by atoms with Crippen LogP contribution in [-0.2, 0) is 0 Å². The molecule has 0 bridgehead atoms. The van der Waals surface area contributed by atoms with Crippen LogP contribution >= 0.6 is 0 Å². The number of nitrogens with one attached hydrogen (secondary N) is 1. The Hall–Kier alpha value is -2.83. The Morgan fingerprint density at radius 3 is 2.32 bits per heavy atom. The van der Waals surface area contributed by atoms with E-state index < -0.39 is 0 Å². The Balaban J connectivity index is 1.65. The number of hydrogen-bond acceptors (Lipinski definition) is 5.